The van der Waals surface area contributed by atoms with Gasteiger partial charge in [0.05, 0.1) is 20.8 Å². The highest BCUT2D eigenvalue weighted by Crippen LogP contribution is 2.35. The summed E-state index contributed by atoms with van der Waals surface area (Å²) in [5, 5.41) is 2.39. The van der Waals surface area contributed by atoms with Crippen LogP contribution in [0.4, 0.5) is 0 Å². The van der Waals surface area contributed by atoms with E-state index < -0.39 is 0 Å². The molecule has 2 aromatic carbocycles. The molecule has 3 rings (SSSR count). The molecule has 0 fully saturated rings. The van der Waals surface area contributed by atoms with Gasteiger partial charge >= 0.3 is 0 Å². The molecule has 0 radical (unpaired) electrons. The van der Waals surface area contributed by atoms with E-state index in [2.05, 4.69) is 57.6 Å². The van der Waals surface area contributed by atoms with Crippen molar-refractivity contribution in [3.8, 4) is 11.5 Å². The molecule has 1 atom stereocenters. The number of rotatable bonds is 3. The highest BCUT2D eigenvalue weighted by molar-refractivity contribution is 9.10. The van der Waals surface area contributed by atoms with Crippen LogP contribution in [-0.4, -0.2) is 20.8 Å². The molecule has 0 amide bonds. The van der Waals surface area contributed by atoms with Gasteiger partial charge in [0, 0.05) is 22.0 Å². The van der Waals surface area contributed by atoms with Crippen molar-refractivity contribution in [2.75, 3.05) is 20.8 Å². The summed E-state index contributed by atoms with van der Waals surface area (Å²) in [6.07, 6.45) is 1.06. The Hall–Kier alpha value is -1.23. The van der Waals surface area contributed by atoms with Crippen molar-refractivity contribution in [2.24, 2.45) is 0 Å². The molecule has 1 heterocycles. The van der Waals surface area contributed by atoms with Crippen LogP contribution in [-0.2, 0) is 6.42 Å². The SMILES string of the molecule is COc1cc2c(cc1OC)C(c1ccc(Br)cc1)[NH2+]CC2.[Cl-]. The van der Waals surface area contributed by atoms with Gasteiger partial charge in [-0.05, 0) is 29.8 Å². The van der Waals surface area contributed by atoms with Crippen LogP contribution in [0.5, 0.6) is 11.5 Å². The Kier molecular flexibility index (Phi) is 5.73. The Morgan fingerprint density at radius 3 is 2.32 bits per heavy atom. The third-order valence-electron chi connectivity index (χ3n) is 4.03. The molecule has 1 aliphatic rings. The minimum atomic E-state index is 0. The fraction of sp³-hybridized carbons (Fsp3) is 0.294. The molecule has 5 heteroatoms. The standard InChI is InChI=1S/C17H18BrNO2.ClH/c1-20-15-9-12-7-8-19-17(14(12)10-16(15)21-2)11-3-5-13(18)6-4-11;/h3-6,9-10,17,19H,7-8H2,1-2H3;1H. The zero-order chi connectivity index (χ0) is 14.8. The third kappa shape index (κ3) is 3.24. The van der Waals surface area contributed by atoms with Crippen LogP contribution >= 0.6 is 15.9 Å². The summed E-state index contributed by atoms with van der Waals surface area (Å²) in [5.74, 6) is 1.61. The normalized spacial score (nSPS) is 16.4. The first-order chi connectivity index (χ1) is 10.2. The predicted molar refractivity (Wildman–Crippen MR) is 86.0 cm³/mol. The van der Waals surface area contributed by atoms with Gasteiger partial charge in [-0.15, -0.1) is 0 Å². The lowest BCUT2D eigenvalue weighted by atomic mass is 9.89. The fourth-order valence-electron chi connectivity index (χ4n) is 2.96. The summed E-state index contributed by atoms with van der Waals surface area (Å²) in [4.78, 5) is 0. The van der Waals surface area contributed by atoms with E-state index in [0.29, 0.717) is 6.04 Å². The molecule has 2 aromatic rings. The van der Waals surface area contributed by atoms with Crippen molar-refractivity contribution >= 4 is 15.9 Å². The summed E-state index contributed by atoms with van der Waals surface area (Å²) in [6.45, 7) is 1.09. The molecule has 0 saturated carbocycles. The van der Waals surface area contributed by atoms with Crippen LogP contribution in [0.15, 0.2) is 40.9 Å². The van der Waals surface area contributed by atoms with Crippen LogP contribution in [0, 0.1) is 0 Å². The molecular formula is C17H19BrClNO2. The monoisotopic (exact) mass is 383 g/mol. The lowest BCUT2D eigenvalue weighted by Crippen LogP contribution is -3.00. The van der Waals surface area contributed by atoms with Gasteiger partial charge in [0.15, 0.2) is 11.5 Å². The largest absolute Gasteiger partial charge is 1.00 e. The predicted octanol–water partition coefficient (Wildman–Crippen LogP) is -0.321. The molecule has 1 aliphatic heterocycles. The van der Waals surface area contributed by atoms with Gasteiger partial charge in [0.25, 0.3) is 0 Å². The van der Waals surface area contributed by atoms with Gasteiger partial charge in [0.1, 0.15) is 6.04 Å². The number of methoxy groups -OCH3 is 2. The summed E-state index contributed by atoms with van der Waals surface area (Å²) in [5.41, 5.74) is 3.98. The van der Waals surface area contributed by atoms with Crippen LogP contribution in [0.3, 0.4) is 0 Å². The van der Waals surface area contributed by atoms with E-state index >= 15 is 0 Å². The number of hydrogen-bond donors (Lipinski definition) is 1. The van der Waals surface area contributed by atoms with E-state index in [0.717, 1.165) is 28.9 Å². The van der Waals surface area contributed by atoms with Crippen LogP contribution in [0.25, 0.3) is 0 Å². The second kappa shape index (κ2) is 7.36. The molecule has 118 valence electrons. The van der Waals surface area contributed by atoms with Crippen LogP contribution in [0.1, 0.15) is 22.7 Å². The maximum atomic E-state index is 5.46. The molecule has 1 unspecified atom stereocenters. The van der Waals surface area contributed by atoms with E-state index in [-0.39, 0.29) is 12.4 Å². The van der Waals surface area contributed by atoms with Crippen molar-refractivity contribution in [1.82, 2.24) is 0 Å². The number of halogens is 2. The Morgan fingerprint density at radius 2 is 1.68 bits per heavy atom. The average Bonchev–Trinajstić information content (AvgIpc) is 2.53. The Morgan fingerprint density at radius 1 is 1.05 bits per heavy atom. The number of quaternary nitrogens is 1. The molecular weight excluding hydrogens is 366 g/mol. The average molecular weight is 385 g/mol. The summed E-state index contributed by atoms with van der Waals surface area (Å²) in [7, 11) is 3.37. The van der Waals surface area contributed by atoms with Gasteiger partial charge < -0.3 is 27.2 Å². The number of nitrogens with two attached hydrogens (primary N) is 1. The summed E-state index contributed by atoms with van der Waals surface area (Å²) >= 11 is 3.50. The molecule has 0 bridgehead atoms. The Bertz CT molecular complexity index is 646. The Labute approximate surface area is 145 Å². The highest BCUT2D eigenvalue weighted by Gasteiger charge is 2.26. The minimum Gasteiger partial charge on any atom is -1.00 e. The van der Waals surface area contributed by atoms with Crippen molar-refractivity contribution in [3.05, 3.63) is 57.6 Å². The first kappa shape index (κ1) is 17.1. The molecule has 0 saturated heterocycles. The van der Waals surface area contributed by atoms with Crippen molar-refractivity contribution in [3.63, 3.8) is 0 Å². The minimum absolute atomic E-state index is 0. The van der Waals surface area contributed by atoms with E-state index in [1.807, 2.05) is 0 Å². The second-order valence-electron chi connectivity index (χ2n) is 5.21. The van der Waals surface area contributed by atoms with Gasteiger partial charge in [-0.25, -0.2) is 0 Å². The molecule has 2 N–H and O–H groups in total. The maximum Gasteiger partial charge on any atom is 0.161 e. The second-order valence-corrected chi connectivity index (χ2v) is 6.13. The zero-order valence-corrected chi connectivity index (χ0v) is 14.9. The van der Waals surface area contributed by atoms with Gasteiger partial charge in [0.2, 0.25) is 0 Å². The molecule has 3 nitrogen and oxygen atoms in total. The summed E-state index contributed by atoms with van der Waals surface area (Å²) in [6, 6.07) is 13.1. The molecule has 0 aromatic heterocycles. The van der Waals surface area contributed by atoms with Crippen molar-refractivity contribution in [2.45, 2.75) is 12.5 Å². The van der Waals surface area contributed by atoms with E-state index in [9.17, 15) is 0 Å². The van der Waals surface area contributed by atoms with E-state index in [4.69, 9.17) is 9.47 Å². The smallest absolute Gasteiger partial charge is 0.161 e. The number of benzene rings is 2. The maximum absolute atomic E-state index is 5.46. The summed E-state index contributed by atoms with van der Waals surface area (Å²) < 4.78 is 12.0. The first-order valence-electron chi connectivity index (χ1n) is 7.06. The van der Waals surface area contributed by atoms with Crippen LogP contribution < -0.4 is 27.2 Å². The highest BCUT2D eigenvalue weighted by atomic mass is 79.9. The zero-order valence-electron chi connectivity index (χ0n) is 12.6. The van der Waals surface area contributed by atoms with E-state index in [1.54, 1.807) is 14.2 Å². The molecule has 22 heavy (non-hydrogen) atoms. The topological polar surface area (TPSA) is 35.1 Å². The quantitative estimate of drug-likeness (QED) is 0.787. The number of hydrogen-bond acceptors (Lipinski definition) is 2. The van der Waals surface area contributed by atoms with Gasteiger partial charge in [-0.2, -0.15) is 0 Å². The number of fused-ring (bicyclic) bond motifs is 1. The lowest BCUT2D eigenvalue weighted by Gasteiger charge is -2.25. The Balaban J connectivity index is 0.00000176. The lowest BCUT2D eigenvalue weighted by molar-refractivity contribution is -0.690. The van der Waals surface area contributed by atoms with Gasteiger partial charge in [-0.1, -0.05) is 28.1 Å². The third-order valence-corrected chi connectivity index (χ3v) is 4.55. The van der Waals surface area contributed by atoms with Crippen molar-refractivity contribution < 1.29 is 27.2 Å². The van der Waals surface area contributed by atoms with Crippen molar-refractivity contribution in [1.29, 1.82) is 0 Å². The fourth-order valence-corrected chi connectivity index (χ4v) is 3.23. The molecule has 0 spiro atoms. The van der Waals surface area contributed by atoms with Crippen LogP contribution in [0.2, 0.25) is 0 Å². The van der Waals surface area contributed by atoms with Gasteiger partial charge in [-0.3, -0.25) is 0 Å². The molecule has 0 aliphatic carbocycles. The first-order valence-corrected chi connectivity index (χ1v) is 7.86. The number of ether oxygens (including phenoxy) is 2. The van der Waals surface area contributed by atoms with E-state index in [1.165, 1.54) is 16.7 Å².